The molecule has 0 spiro atoms. The van der Waals surface area contributed by atoms with Gasteiger partial charge in [-0.2, -0.15) is 0 Å². The number of aryl methyl sites for hydroxylation is 1. The molecule has 1 aliphatic carbocycles. The SMILES string of the molecule is NC(=O)COc1cc(OCC(N)=O)c2c3c(c(=O)oc2c1)CCCC3. The molecule has 1 heterocycles. The van der Waals surface area contributed by atoms with E-state index in [4.69, 9.17) is 25.4 Å². The first-order chi connectivity index (χ1) is 12.0. The Bertz CT molecular complexity index is 902. The highest BCUT2D eigenvalue weighted by atomic mass is 16.5. The smallest absolute Gasteiger partial charge is 0.339 e. The lowest BCUT2D eigenvalue weighted by Gasteiger charge is -2.19. The summed E-state index contributed by atoms with van der Waals surface area (Å²) in [5, 5.41) is 0.627. The second-order valence-electron chi connectivity index (χ2n) is 5.86. The summed E-state index contributed by atoms with van der Waals surface area (Å²) >= 11 is 0. The molecule has 4 N–H and O–H groups in total. The van der Waals surface area contributed by atoms with Crippen molar-refractivity contribution in [2.75, 3.05) is 13.2 Å². The highest BCUT2D eigenvalue weighted by Gasteiger charge is 2.22. The van der Waals surface area contributed by atoms with E-state index in [1.807, 2.05) is 0 Å². The largest absolute Gasteiger partial charge is 0.484 e. The molecule has 0 atom stereocenters. The molecular formula is C17H18N2O6. The van der Waals surface area contributed by atoms with Gasteiger partial charge in [-0.15, -0.1) is 0 Å². The number of rotatable bonds is 6. The van der Waals surface area contributed by atoms with Crippen molar-refractivity contribution in [2.24, 2.45) is 11.5 Å². The summed E-state index contributed by atoms with van der Waals surface area (Å²) in [6, 6.07) is 3.04. The van der Waals surface area contributed by atoms with E-state index >= 15 is 0 Å². The minimum atomic E-state index is -0.647. The van der Waals surface area contributed by atoms with Crippen LogP contribution in [0.15, 0.2) is 21.3 Å². The minimum Gasteiger partial charge on any atom is -0.484 e. The monoisotopic (exact) mass is 346 g/mol. The van der Waals surface area contributed by atoms with Gasteiger partial charge in [0.2, 0.25) is 0 Å². The highest BCUT2D eigenvalue weighted by Crippen LogP contribution is 2.36. The number of ether oxygens (including phenoxy) is 2. The van der Waals surface area contributed by atoms with Crippen LogP contribution in [0.4, 0.5) is 0 Å². The van der Waals surface area contributed by atoms with Crippen LogP contribution in [-0.4, -0.2) is 25.0 Å². The van der Waals surface area contributed by atoms with Crippen LogP contribution in [0.3, 0.4) is 0 Å². The maximum Gasteiger partial charge on any atom is 0.339 e. The van der Waals surface area contributed by atoms with E-state index < -0.39 is 17.4 Å². The zero-order chi connectivity index (χ0) is 18.0. The van der Waals surface area contributed by atoms with Gasteiger partial charge in [-0.25, -0.2) is 4.79 Å². The van der Waals surface area contributed by atoms with Gasteiger partial charge in [0.25, 0.3) is 11.8 Å². The van der Waals surface area contributed by atoms with Crippen LogP contribution in [0.1, 0.15) is 24.0 Å². The number of primary amides is 2. The maximum absolute atomic E-state index is 12.2. The average Bonchev–Trinajstić information content (AvgIpc) is 2.57. The fraction of sp³-hybridized carbons (Fsp3) is 0.353. The van der Waals surface area contributed by atoms with Crippen LogP contribution in [0.25, 0.3) is 11.0 Å². The van der Waals surface area contributed by atoms with Crippen molar-refractivity contribution in [2.45, 2.75) is 25.7 Å². The normalized spacial score (nSPS) is 13.3. The Balaban J connectivity index is 2.16. The number of carbonyl (C=O) groups excluding carboxylic acids is 2. The summed E-state index contributed by atoms with van der Waals surface area (Å²) in [6.45, 7) is -0.668. The topological polar surface area (TPSA) is 135 Å². The summed E-state index contributed by atoms with van der Waals surface area (Å²) in [5.41, 5.74) is 11.6. The summed E-state index contributed by atoms with van der Waals surface area (Å²) in [6.07, 6.45) is 3.22. The van der Waals surface area contributed by atoms with Crippen LogP contribution in [0.2, 0.25) is 0 Å². The Hall–Kier alpha value is -3.03. The average molecular weight is 346 g/mol. The van der Waals surface area contributed by atoms with Crippen molar-refractivity contribution in [3.63, 3.8) is 0 Å². The van der Waals surface area contributed by atoms with E-state index in [2.05, 4.69) is 0 Å². The molecule has 0 bridgehead atoms. The molecule has 3 rings (SSSR count). The van der Waals surface area contributed by atoms with E-state index in [1.54, 1.807) is 0 Å². The maximum atomic E-state index is 12.2. The molecule has 0 aliphatic heterocycles. The van der Waals surface area contributed by atoms with Crippen LogP contribution in [0, 0.1) is 0 Å². The highest BCUT2D eigenvalue weighted by molar-refractivity contribution is 5.90. The second-order valence-corrected chi connectivity index (χ2v) is 5.86. The lowest BCUT2D eigenvalue weighted by atomic mass is 9.90. The van der Waals surface area contributed by atoms with Gasteiger partial charge in [0.15, 0.2) is 13.2 Å². The fourth-order valence-corrected chi connectivity index (χ4v) is 3.01. The summed E-state index contributed by atoms with van der Waals surface area (Å²) in [5.74, 6) is -0.725. The lowest BCUT2D eigenvalue weighted by molar-refractivity contribution is -0.120. The third kappa shape index (κ3) is 3.57. The lowest BCUT2D eigenvalue weighted by Crippen LogP contribution is -2.21. The molecule has 2 amide bonds. The van der Waals surface area contributed by atoms with E-state index in [0.717, 1.165) is 18.4 Å². The van der Waals surface area contributed by atoms with Crippen molar-refractivity contribution >= 4 is 22.8 Å². The summed E-state index contributed by atoms with van der Waals surface area (Å²) in [4.78, 5) is 34.2. The van der Waals surface area contributed by atoms with E-state index in [9.17, 15) is 14.4 Å². The predicted molar refractivity (Wildman–Crippen MR) is 88.5 cm³/mol. The predicted octanol–water partition coefficient (Wildman–Crippen LogP) is 0.400. The standard InChI is InChI=1S/C17H18N2O6/c18-14(20)7-23-9-5-12(24-8-15(19)21)16-10-3-1-2-4-11(10)17(22)25-13(16)6-9/h5-6H,1-4,7-8H2,(H2,18,20)(H2,19,21). The zero-order valence-electron chi connectivity index (χ0n) is 13.5. The molecule has 0 fully saturated rings. The first-order valence-corrected chi connectivity index (χ1v) is 7.90. The van der Waals surface area contributed by atoms with Crippen LogP contribution < -0.4 is 26.6 Å². The molecule has 1 aliphatic rings. The van der Waals surface area contributed by atoms with Gasteiger partial charge < -0.3 is 25.4 Å². The van der Waals surface area contributed by atoms with Gasteiger partial charge in [0.1, 0.15) is 17.1 Å². The van der Waals surface area contributed by atoms with E-state index in [1.165, 1.54) is 12.1 Å². The molecule has 1 aromatic carbocycles. The van der Waals surface area contributed by atoms with E-state index in [0.29, 0.717) is 29.5 Å². The van der Waals surface area contributed by atoms with Crippen LogP contribution in [0.5, 0.6) is 11.5 Å². The number of amides is 2. The Morgan fingerprint density at radius 2 is 1.64 bits per heavy atom. The summed E-state index contributed by atoms with van der Waals surface area (Å²) < 4.78 is 16.2. The van der Waals surface area contributed by atoms with Crippen molar-refractivity contribution in [1.82, 2.24) is 0 Å². The molecule has 132 valence electrons. The van der Waals surface area contributed by atoms with Crippen molar-refractivity contribution < 1.29 is 23.5 Å². The van der Waals surface area contributed by atoms with Crippen LogP contribution >= 0.6 is 0 Å². The molecule has 0 saturated heterocycles. The molecule has 0 radical (unpaired) electrons. The van der Waals surface area contributed by atoms with Gasteiger partial charge in [-0.3, -0.25) is 9.59 Å². The van der Waals surface area contributed by atoms with E-state index in [-0.39, 0.29) is 24.5 Å². The van der Waals surface area contributed by atoms with Gasteiger partial charge in [-0.05, 0) is 31.2 Å². The molecule has 0 unspecified atom stereocenters. The number of benzene rings is 1. The van der Waals surface area contributed by atoms with Crippen LogP contribution in [-0.2, 0) is 22.4 Å². The van der Waals surface area contributed by atoms with Gasteiger partial charge in [0.05, 0.1) is 5.39 Å². The number of hydrogen-bond acceptors (Lipinski definition) is 6. The van der Waals surface area contributed by atoms with Crippen molar-refractivity contribution in [3.8, 4) is 11.5 Å². The van der Waals surface area contributed by atoms with Gasteiger partial charge in [-0.1, -0.05) is 0 Å². The number of hydrogen-bond donors (Lipinski definition) is 2. The zero-order valence-corrected chi connectivity index (χ0v) is 13.5. The minimum absolute atomic E-state index is 0.240. The molecule has 0 saturated carbocycles. The van der Waals surface area contributed by atoms with Gasteiger partial charge in [0, 0.05) is 17.7 Å². The molecule has 8 heteroatoms. The Morgan fingerprint density at radius 1 is 1.00 bits per heavy atom. The number of nitrogens with two attached hydrogens (primary N) is 2. The fourth-order valence-electron chi connectivity index (χ4n) is 3.01. The quantitative estimate of drug-likeness (QED) is 0.727. The Kier molecular flexibility index (Phi) is 4.60. The van der Waals surface area contributed by atoms with Crippen molar-refractivity contribution in [1.29, 1.82) is 0 Å². The number of fused-ring (bicyclic) bond motifs is 3. The third-order valence-corrected chi connectivity index (χ3v) is 4.01. The Morgan fingerprint density at radius 3 is 2.32 bits per heavy atom. The molecular weight excluding hydrogens is 328 g/mol. The first kappa shape index (κ1) is 16.8. The Labute approximate surface area is 142 Å². The van der Waals surface area contributed by atoms with Gasteiger partial charge >= 0.3 is 5.63 Å². The molecule has 2 aromatic rings. The number of carbonyl (C=O) groups is 2. The molecule has 25 heavy (non-hydrogen) atoms. The third-order valence-electron chi connectivity index (χ3n) is 4.01. The van der Waals surface area contributed by atoms with Crippen molar-refractivity contribution in [3.05, 3.63) is 33.7 Å². The second kappa shape index (κ2) is 6.84. The molecule has 8 nitrogen and oxygen atoms in total. The first-order valence-electron chi connectivity index (χ1n) is 7.90. The summed E-state index contributed by atoms with van der Waals surface area (Å²) in [7, 11) is 0. The molecule has 1 aromatic heterocycles.